The Balaban J connectivity index is 2.22. The van der Waals surface area contributed by atoms with Crippen molar-refractivity contribution in [3.05, 3.63) is 32.8 Å². The number of primary amides is 1. The SMILES string of the molecule is Cc1cc([N+](=O)[O-])cc(Cl)c1N1CCC(C(N)=O)CC1. The summed E-state index contributed by atoms with van der Waals surface area (Å²) in [6.07, 6.45) is 1.37. The van der Waals surface area contributed by atoms with E-state index in [9.17, 15) is 14.9 Å². The third kappa shape index (κ3) is 2.85. The molecule has 1 fully saturated rings. The van der Waals surface area contributed by atoms with Crippen LogP contribution in [0.15, 0.2) is 12.1 Å². The number of anilines is 1. The van der Waals surface area contributed by atoms with E-state index < -0.39 is 4.92 Å². The number of non-ortho nitro benzene ring substituents is 1. The van der Waals surface area contributed by atoms with Crippen LogP contribution in [-0.4, -0.2) is 23.9 Å². The van der Waals surface area contributed by atoms with Crippen molar-refractivity contribution in [1.29, 1.82) is 0 Å². The second kappa shape index (κ2) is 5.66. The number of aryl methyl sites for hydroxylation is 1. The molecule has 0 bridgehead atoms. The summed E-state index contributed by atoms with van der Waals surface area (Å²) in [4.78, 5) is 23.5. The standard InChI is InChI=1S/C13H16ClN3O3/c1-8-6-10(17(19)20)7-11(14)12(8)16-4-2-9(3-5-16)13(15)18/h6-7,9H,2-5H2,1H3,(H2,15,18). The molecule has 0 aromatic heterocycles. The van der Waals surface area contributed by atoms with E-state index >= 15 is 0 Å². The van der Waals surface area contributed by atoms with Gasteiger partial charge in [-0.1, -0.05) is 11.6 Å². The highest BCUT2D eigenvalue weighted by Crippen LogP contribution is 2.35. The van der Waals surface area contributed by atoms with E-state index in [0.29, 0.717) is 31.0 Å². The summed E-state index contributed by atoms with van der Waals surface area (Å²) in [5.74, 6) is -0.362. The van der Waals surface area contributed by atoms with Gasteiger partial charge < -0.3 is 10.6 Å². The number of nitro benzene ring substituents is 1. The zero-order valence-electron chi connectivity index (χ0n) is 11.1. The van der Waals surface area contributed by atoms with Gasteiger partial charge >= 0.3 is 0 Å². The smallest absolute Gasteiger partial charge is 0.271 e. The normalized spacial score (nSPS) is 16.2. The summed E-state index contributed by atoms with van der Waals surface area (Å²) >= 11 is 6.17. The maximum Gasteiger partial charge on any atom is 0.271 e. The van der Waals surface area contributed by atoms with Crippen LogP contribution in [-0.2, 0) is 4.79 Å². The first-order valence-corrected chi connectivity index (χ1v) is 6.76. The van der Waals surface area contributed by atoms with Gasteiger partial charge in [0.15, 0.2) is 0 Å². The van der Waals surface area contributed by atoms with Gasteiger partial charge in [-0.3, -0.25) is 14.9 Å². The second-order valence-electron chi connectivity index (χ2n) is 5.01. The van der Waals surface area contributed by atoms with E-state index in [1.807, 2.05) is 0 Å². The lowest BCUT2D eigenvalue weighted by atomic mass is 9.95. The molecule has 0 atom stereocenters. The molecule has 1 saturated heterocycles. The van der Waals surface area contributed by atoms with Crippen LogP contribution in [0.3, 0.4) is 0 Å². The van der Waals surface area contributed by atoms with Crippen LogP contribution in [0.1, 0.15) is 18.4 Å². The fraction of sp³-hybridized carbons (Fsp3) is 0.462. The van der Waals surface area contributed by atoms with Crippen LogP contribution >= 0.6 is 11.6 Å². The number of amides is 1. The molecule has 6 nitrogen and oxygen atoms in total. The first-order valence-electron chi connectivity index (χ1n) is 6.39. The van der Waals surface area contributed by atoms with E-state index in [1.165, 1.54) is 12.1 Å². The number of nitrogens with two attached hydrogens (primary N) is 1. The molecule has 2 rings (SSSR count). The number of hydrogen-bond donors (Lipinski definition) is 1. The summed E-state index contributed by atoms with van der Waals surface area (Å²) in [6, 6.07) is 2.88. The fourth-order valence-electron chi connectivity index (χ4n) is 2.61. The molecule has 1 heterocycles. The van der Waals surface area contributed by atoms with Crippen LogP contribution in [0.4, 0.5) is 11.4 Å². The third-order valence-corrected chi connectivity index (χ3v) is 3.95. The van der Waals surface area contributed by atoms with Crippen molar-refractivity contribution in [2.75, 3.05) is 18.0 Å². The molecule has 1 aromatic carbocycles. The highest BCUT2D eigenvalue weighted by atomic mass is 35.5. The van der Waals surface area contributed by atoms with E-state index in [2.05, 4.69) is 4.90 Å². The van der Waals surface area contributed by atoms with E-state index in [-0.39, 0.29) is 17.5 Å². The summed E-state index contributed by atoms with van der Waals surface area (Å²) < 4.78 is 0. The number of nitrogens with zero attached hydrogens (tertiary/aromatic N) is 2. The van der Waals surface area contributed by atoms with Gasteiger partial charge in [0, 0.05) is 31.1 Å². The van der Waals surface area contributed by atoms with E-state index in [1.54, 1.807) is 6.92 Å². The number of rotatable bonds is 3. The summed E-state index contributed by atoms with van der Waals surface area (Å²) in [5.41, 5.74) is 6.87. The minimum Gasteiger partial charge on any atom is -0.370 e. The number of carbonyl (C=O) groups is 1. The van der Waals surface area contributed by atoms with Gasteiger partial charge in [-0.25, -0.2) is 0 Å². The largest absolute Gasteiger partial charge is 0.370 e. The molecule has 0 unspecified atom stereocenters. The Labute approximate surface area is 121 Å². The van der Waals surface area contributed by atoms with E-state index in [0.717, 1.165) is 11.3 Å². The van der Waals surface area contributed by atoms with Gasteiger partial charge in [0.1, 0.15) is 0 Å². The quantitative estimate of drug-likeness (QED) is 0.684. The number of halogens is 1. The Morgan fingerprint density at radius 1 is 1.45 bits per heavy atom. The third-order valence-electron chi connectivity index (χ3n) is 3.66. The first kappa shape index (κ1) is 14.6. The number of hydrogen-bond acceptors (Lipinski definition) is 4. The van der Waals surface area contributed by atoms with Crippen molar-refractivity contribution < 1.29 is 9.72 Å². The van der Waals surface area contributed by atoms with Crippen LogP contribution in [0.5, 0.6) is 0 Å². The molecule has 0 saturated carbocycles. The molecule has 7 heteroatoms. The average molecular weight is 298 g/mol. The maximum absolute atomic E-state index is 11.2. The average Bonchev–Trinajstić information content (AvgIpc) is 2.38. The van der Waals surface area contributed by atoms with Gasteiger partial charge in [0.25, 0.3) is 5.69 Å². The summed E-state index contributed by atoms with van der Waals surface area (Å²) in [7, 11) is 0. The molecular weight excluding hydrogens is 282 g/mol. The molecule has 20 heavy (non-hydrogen) atoms. The Morgan fingerprint density at radius 2 is 2.05 bits per heavy atom. The number of carbonyl (C=O) groups excluding carboxylic acids is 1. The lowest BCUT2D eigenvalue weighted by Gasteiger charge is -2.33. The fourth-order valence-corrected chi connectivity index (χ4v) is 2.99. The Kier molecular flexibility index (Phi) is 4.13. The zero-order valence-corrected chi connectivity index (χ0v) is 11.9. The van der Waals surface area contributed by atoms with Crippen LogP contribution in [0.25, 0.3) is 0 Å². The Morgan fingerprint density at radius 3 is 2.50 bits per heavy atom. The molecule has 1 amide bonds. The first-order chi connectivity index (χ1) is 9.40. The van der Waals surface area contributed by atoms with Crippen molar-refractivity contribution in [2.24, 2.45) is 11.7 Å². The number of benzene rings is 1. The van der Waals surface area contributed by atoms with Crippen LogP contribution < -0.4 is 10.6 Å². The topological polar surface area (TPSA) is 89.5 Å². The highest BCUT2D eigenvalue weighted by molar-refractivity contribution is 6.33. The Hall–Kier alpha value is -1.82. The minimum absolute atomic E-state index is 0.0109. The molecule has 0 radical (unpaired) electrons. The predicted octanol–water partition coefficient (Wildman–Crippen LogP) is 2.26. The van der Waals surface area contributed by atoms with Crippen molar-refractivity contribution in [3.8, 4) is 0 Å². The summed E-state index contributed by atoms with van der Waals surface area (Å²) in [5, 5.41) is 11.2. The number of piperidine rings is 1. The second-order valence-corrected chi connectivity index (χ2v) is 5.42. The van der Waals surface area contributed by atoms with Gasteiger partial charge in [-0.15, -0.1) is 0 Å². The Bertz CT molecular complexity index is 531. The van der Waals surface area contributed by atoms with Gasteiger partial charge in [-0.2, -0.15) is 0 Å². The van der Waals surface area contributed by atoms with Crippen molar-refractivity contribution in [1.82, 2.24) is 0 Å². The summed E-state index contributed by atoms with van der Waals surface area (Å²) in [6.45, 7) is 3.15. The van der Waals surface area contributed by atoms with Gasteiger partial charge in [0.05, 0.1) is 15.6 Å². The van der Waals surface area contributed by atoms with Gasteiger partial charge in [-0.05, 0) is 25.3 Å². The lowest BCUT2D eigenvalue weighted by Crippen LogP contribution is -2.39. The minimum atomic E-state index is -0.456. The highest BCUT2D eigenvalue weighted by Gasteiger charge is 2.26. The van der Waals surface area contributed by atoms with Crippen molar-refractivity contribution in [3.63, 3.8) is 0 Å². The molecule has 0 spiro atoms. The number of nitro groups is 1. The predicted molar refractivity (Wildman–Crippen MR) is 77.0 cm³/mol. The molecule has 108 valence electrons. The molecule has 0 aliphatic carbocycles. The van der Waals surface area contributed by atoms with Gasteiger partial charge in [0.2, 0.25) is 5.91 Å². The monoisotopic (exact) mass is 297 g/mol. The molecule has 1 aliphatic heterocycles. The molecular formula is C13H16ClN3O3. The van der Waals surface area contributed by atoms with Crippen LogP contribution in [0.2, 0.25) is 5.02 Å². The van der Waals surface area contributed by atoms with Crippen molar-refractivity contribution >= 4 is 28.9 Å². The molecule has 1 aliphatic rings. The zero-order chi connectivity index (χ0) is 14.9. The lowest BCUT2D eigenvalue weighted by molar-refractivity contribution is -0.384. The van der Waals surface area contributed by atoms with E-state index in [4.69, 9.17) is 17.3 Å². The van der Waals surface area contributed by atoms with Crippen molar-refractivity contribution in [2.45, 2.75) is 19.8 Å². The van der Waals surface area contributed by atoms with Crippen LogP contribution in [0, 0.1) is 23.0 Å². The molecule has 2 N–H and O–H groups in total. The molecule has 1 aromatic rings. The maximum atomic E-state index is 11.2.